The van der Waals surface area contributed by atoms with E-state index in [1.165, 1.54) is 24.3 Å². The summed E-state index contributed by atoms with van der Waals surface area (Å²) >= 11 is 0. The largest absolute Gasteiger partial charge is 0.508 e. The Morgan fingerprint density at radius 1 is 0.648 bits per heavy atom. The predicted molar refractivity (Wildman–Crippen MR) is 190 cm³/mol. The molecule has 2 rings (SSSR count). The maximum Gasteiger partial charge on any atom is 0.326 e. The van der Waals surface area contributed by atoms with Crippen LogP contribution < -0.4 is 38.1 Å². The van der Waals surface area contributed by atoms with Crippen LogP contribution in [0.5, 0.6) is 5.75 Å². The van der Waals surface area contributed by atoms with Crippen molar-refractivity contribution in [2.45, 2.75) is 82.2 Å². The first-order valence-corrected chi connectivity index (χ1v) is 16.9. The highest BCUT2D eigenvalue weighted by molar-refractivity contribution is 5.98. The minimum Gasteiger partial charge on any atom is -0.508 e. The molecule has 7 atom stereocenters. The third kappa shape index (κ3) is 14.5. The second-order valence-corrected chi connectivity index (χ2v) is 12.6. The number of hydrogen-bond acceptors (Lipinski definition) is 11. The van der Waals surface area contributed by atoms with E-state index < -0.39 is 109 Å². The number of phenols is 1. The zero-order valence-electron chi connectivity index (χ0n) is 29.7. The fourth-order valence-corrected chi connectivity index (χ4v) is 5.06. The Balaban J connectivity index is 2.32. The van der Waals surface area contributed by atoms with Gasteiger partial charge in [-0.2, -0.15) is 0 Å². The minimum atomic E-state index is -1.88. The number of aliphatic carboxylic acids is 2. The molecule has 0 radical (unpaired) electrons. The van der Waals surface area contributed by atoms with Crippen LogP contribution in [0.3, 0.4) is 0 Å². The number of benzene rings is 2. The van der Waals surface area contributed by atoms with Crippen LogP contribution >= 0.6 is 0 Å². The van der Waals surface area contributed by atoms with Gasteiger partial charge in [0.05, 0.1) is 25.5 Å². The number of aliphatic hydroxyl groups is 1. The van der Waals surface area contributed by atoms with Gasteiger partial charge in [-0.05, 0) is 29.2 Å². The Labute approximate surface area is 310 Å². The number of carbonyl (C=O) groups is 8. The summed E-state index contributed by atoms with van der Waals surface area (Å²) in [6, 6.07) is 4.49. The molecule has 0 fully saturated rings. The van der Waals surface area contributed by atoms with Gasteiger partial charge in [0.1, 0.15) is 36.0 Å². The molecule has 0 aliphatic rings. The average molecular weight is 758 g/mol. The zero-order chi connectivity index (χ0) is 40.5. The number of carbonyl (C=O) groups excluding carboxylic acids is 6. The van der Waals surface area contributed by atoms with Gasteiger partial charge in [0.2, 0.25) is 35.4 Å². The molecule has 7 unspecified atom stereocenters. The van der Waals surface area contributed by atoms with Crippen molar-refractivity contribution in [2.75, 3.05) is 6.61 Å². The van der Waals surface area contributed by atoms with Crippen molar-refractivity contribution < 1.29 is 58.8 Å². The normalized spacial score (nSPS) is 14.7. The quantitative estimate of drug-likeness (QED) is 0.0588. The zero-order valence-corrected chi connectivity index (χ0v) is 29.7. The molecule has 54 heavy (non-hydrogen) atoms. The molecular weight excluding hydrogens is 710 g/mol. The number of nitrogens with two attached hydrogens (primary N) is 2. The van der Waals surface area contributed by atoms with Gasteiger partial charge in [-0.15, -0.1) is 0 Å². The van der Waals surface area contributed by atoms with Crippen LogP contribution in [-0.4, -0.2) is 111 Å². The molecule has 0 aromatic heterocycles. The summed E-state index contributed by atoms with van der Waals surface area (Å²) in [5.74, 6) is -9.63. The fraction of sp³-hybridized carbons (Fsp3) is 0.429. The highest BCUT2D eigenvalue weighted by Gasteiger charge is 2.34. The Morgan fingerprint density at radius 3 is 1.61 bits per heavy atom. The summed E-state index contributed by atoms with van der Waals surface area (Å²) in [5.41, 5.74) is 11.8. The number of nitrogens with one attached hydrogen (secondary N) is 5. The van der Waals surface area contributed by atoms with E-state index in [-0.39, 0.29) is 18.6 Å². The van der Waals surface area contributed by atoms with Gasteiger partial charge in [-0.25, -0.2) is 4.79 Å². The molecule has 0 spiro atoms. The van der Waals surface area contributed by atoms with Gasteiger partial charge in [-0.3, -0.25) is 33.6 Å². The van der Waals surface area contributed by atoms with Crippen molar-refractivity contribution >= 4 is 47.4 Å². The van der Waals surface area contributed by atoms with Crippen LogP contribution in [-0.2, 0) is 51.2 Å². The van der Waals surface area contributed by atoms with Gasteiger partial charge >= 0.3 is 11.9 Å². The standard InChI is InChI=1S/C35H47N7O12/c1-3-18(2)29(35(53)54)42-33(51)24(14-20-9-11-21(44)12-10-20)39-32(50)25(16-28(46)47)40-34(52)26(17-43)41-31(49)23(13-19-7-5-4-6-8-19)38-30(48)22(36)15-27(37)45/h4-12,18,22-26,29,43-44H,3,13-17,36H2,1-2H3,(H2,37,45)(H,38,48)(H,39,50)(H,40,52)(H,41,49)(H,42,51)(H,46,47)(H,53,54). The van der Waals surface area contributed by atoms with E-state index in [4.69, 9.17) is 11.5 Å². The number of aliphatic hydroxyl groups excluding tert-OH is 1. The first-order valence-electron chi connectivity index (χ1n) is 16.9. The minimum absolute atomic E-state index is 0.0957. The van der Waals surface area contributed by atoms with E-state index in [9.17, 15) is 58.8 Å². The van der Waals surface area contributed by atoms with Crippen LogP contribution in [0, 0.1) is 5.92 Å². The molecule has 13 N–H and O–H groups in total. The first-order chi connectivity index (χ1) is 25.4. The Kier molecular flexibility index (Phi) is 17.5. The molecule has 19 heteroatoms. The SMILES string of the molecule is CCC(C)C(NC(=O)C(Cc1ccc(O)cc1)NC(=O)C(CC(=O)O)NC(=O)C(CO)NC(=O)C(Cc1ccccc1)NC(=O)C(N)CC(N)=O)C(=O)O. The van der Waals surface area contributed by atoms with Crippen LogP contribution in [0.2, 0.25) is 0 Å². The lowest BCUT2D eigenvalue weighted by atomic mass is 9.98. The third-order valence-electron chi connectivity index (χ3n) is 8.29. The number of rotatable bonds is 22. The summed E-state index contributed by atoms with van der Waals surface area (Å²) in [6.45, 7) is 2.26. The lowest BCUT2D eigenvalue weighted by Gasteiger charge is -2.27. The van der Waals surface area contributed by atoms with Crippen molar-refractivity contribution in [1.82, 2.24) is 26.6 Å². The molecule has 6 amide bonds. The van der Waals surface area contributed by atoms with Gasteiger partial charge < -0.3 is 58.5 Å². The van der Waals surface area contributed by atoms with Gasteiger partial charge in [-0.1, -0.05) is 62.7 Å². The number of carboxylic acid groups (broad SMARTS) is 2. The van der Waals surface area contributed by atoms with Crippen LogP contribution in [0.1, 0.15) is 44.2 Å². The van der Waals surface area contributed by atoms with Crippen molar-refractivity contribution in [3.63, 3.8) is 0 Å². The molecule has 2 aromatic carbocycles. The van der Waals surface area contributed by atoms with Crippen LogP contribution in [0.4, 0.5) is 0 Å². The number of hydrogen-bond donors (Lipinski definition) is 11. The van der Waals surface area contributed by atoms with E-state index in [0.29, 0.717) is 17.5 Å². The molecule has 0 aliphatic carbocycles. The number of aromatic hydroxyl groups is 1. The lowest BCUT2D eigenvalue weighted by molar-refractivity contribution is -0.144. The molecule has 19 nitrogen and oxygen atoms in total. The van der Waals surface area contributed by atoms with E-state index in [1.807, 2.05) is 0 Å². The monoisotopic (exact) mass is 757 g/mol. The van der Waals surface area contributed by atoms with Gasteiger partial charge in [0, 0.05) is 12.8 Å². The summed E-state index contributed by atoms with van der Waals surface area (Å²) < 4.78 is 0. The maximum atomic E-state index is 13.5. The Morgan fingerprint density at radius 2 is 1.11 bits per heavy atom. The average Bonchev–Trinajstić information content (AvgIpc) is 3.11. The van der Waals surface area contributed by atoms with Crippen molar-refractivity contribution in [3.8, 4) is 5.75 Å². The van der Waals surface area contributed by atoms with Crippen molar-refractivity contribution in [3.05, 3.63) is 65.7 Å². The molecule has 2 aromatic rings. The number of primary amides is 1. The number of phenolic OH excluding ortho intramolecular Hbond substituents is 1. The summed E-state index contributed by atoms with van der Waals surface area (Å²) in [6.07, 6.45) is -1.55. The van der Waals surface area contributed by atoms with Gasteiger partial charge in [0.15, 0.2) is 0 Å². The maximum absolute atomic E-state index is 13.5. The molecular formula is C35H47N7O12. The smallest absolute Gasteiger partial charge is 0.326 e. The molecule has 294 valence electrons. The molecule has 0 bridgehead atoms. The topological polar surface area (TPSA) is 330 Å². The highest BCUT2D eigenvalue weighted by atomic mass is 16.4. The predicted octanol–water partition coefficient (Wildman–Crippen LogP) is -2.60. The molecule has 0 heterocycles. The number of carboxylic acids is 2. The first kappa shape index (κ1) is 44.1. The Bertz CT molecular complexity index is 1640. The van der Waals surface area contributed by atoms with Crippen LogP contribution in [0.25, 0.3) is 0 Å². The van der Waals surface area contributed by atoms with E-state index in [0.717, 1.165) is 0 Å². The Hall–Kier alpha value is -6.08. The van der Waals surface area contributed by atoms with Crippen LogP contribution in [0.15, 0.2) is 54.6 Å². The lowest BCUT2D eigenvalue weighted by Crippen LogP contribution is -2.61. The van der Waals surface area contributed by atoms with E-state index in [1.54, 1.807) is 44.2 Å². The summed E-state index contributed by atoms with van der Waals surface area (Å²) in [7, 11) is 0. The summed E-state index contributed by atoms with van der Waals surface area (Å²) in [4.78, 5) is 101. The van der Waals surface area contributed by atoms with Crippen molar-refractivity contribution in [1.29, 1.82) is 0 Å². The number of amides is 6. The van der Waals surface area contributed by atoms with E-state index >= 15 is 0 Å². The highest BCUT2D eigenvalue weighted by Crippen LogP contribution is 2.14. The van der Waals surface area contributed by atoms with Crippen molar-refractivity contribution in [2.24, 2.45) is 17.4 Å². The second-order valence-electron chi connectivity index (χ2n) is 12.6. The fourth-order valence-electron chi connectivity index (χ4n) is 5.06. The molecule has 0 aliphatic heterocycles. The summed E-state index contributed by atoms with van der Waals surface area (Å²) in [5, 5.41) is 50.5. The van der Waals surface area contributed by atoms with E-state index in [2.05, 4.69) is 26.6 Å². The molecule has 0 saturated carbocycles. The molecule has 0 saturated heterocycles. The van der Waals surface area contributed by atoms with Gasteiger partial charge in [0.25, 0.3) is 0 Å². The third-order valence-corrected chi connectivity index (χ3v) is 8.29. The second kappa shape index (κ2) is 21.4.